The van der Waals surface area contributed by atoms with Crippen LogP contribution in [0.15, 0.2) is 30.3 Å². The molecular formula is C9H12Br2. The molecule has 0 bridgehead atoms. The van der Waals surface area contributed by atoms with Crippen LogP contribution in [-0.4, -0.2) is 5.33 Å². The second-order valence-electron chi connectivity index (χ2n) is 1.89. The lowest BCUT2D eigenvalue weighted by atomic mass is 10.2. The number of hydrogen-bond donors (Lipinski definition) is 0. The molecule has 0 aliphatic heterocycles. The first-order chi connectivity index (χ1) is 5.35. The molecule has 1 aromatic rings. The van der Waals surface area contributed by atoms with Gasteiger partial charge in [0.15, 0.2) is 0 Å². The van der Waals surface area contributed by atoms with Gasteiger partial charge in [-0.1, -0.05) is 69.1 Å². The topological polar surface area (TPSA) is 0 Å². The number of alkyl halides is 2. The van der Waals surface area contributed by atoms with Crippen LogP contribution in [0, 0.1) is 0 Å². The zero-order valence-corrected chi connectivity index (χ0v) is 9.73. The Morgan fingerprint density at radius 3 is 1.82 bits per heavy atom. The van der Waals surface area contributed by atoms with Gasteiger partial charge in [0.1, 0.15) is 0 Å². The SMILES string of the molecule is BrCc1ccccc1.CCBr. The molecule has 1 aromatic carbocycles. The molecule has 0 radical (unpaired) electrons. The smallest absolute Gasteiger partial charge is 0.0283 e. The predicted octanol–water partition coefficient (Wildman–Crippen LogP) is 3.98. The highest BCUT2D eigenvalue weighted by atomic mass is 79.9. The fourth-order valence-electron chi connectivity index (χ4n) is 0.567. The number of halogens is 2. The van der Waals surface area contributed by atoms with Gasteiger partial charge in [-0.25, -0.2) is 0 Å². The summed E-state index contributed by atoms with van der Waals surface area (Å²) >= 11 is 6.50. The van der Waals surface area contributed by atoms with Crippen molar-refractivity contribution in [1.82, 2.24) is 0 Å². The van der Waals surface area contributed by atoms with Crippen LogP contribution in [0.5, 0.6) is 0 Å². The van der Waals surface area contributed by atoms with Gasteiger partial charge in [0.05, 0.1) is 0 Å². The van der Waals surface area contributed by atoms with Crippen molar-refractivity contribution in [2.75, 3.05) is 5.33 Å². The highest BCUT2D eigenvalue weighted by Crippen LogP contribution is 2.02. The Balaban J connectivity index is 0.000000292. The summed E-state index contributed by atoms with van der Waals surface area (Å²) in [6.07, 6.45) is 0. The number of rotatable bonds is 1. The zero-order valence-electron chi connectivity index (χ0n) is 6.56. The molecule has 0 aliphatic rings. The minimum absolute atomic E-state index is 0.952. The first-order valence-electron chi connectivity index (χ1n) is 3.51. The summed E-state index contributed by atoms with van der Waals surface area (Å²) in [6, 6.07) is 10.3. The van der Waals surface area contributed by atoms with E-state index in [-0.39, 0.29) is 0 Å². The van der Waals surface area contributed by atoms with Crippen LogP contribution in [0.1, 0.15) is 12.5 Å². The van der Waals surface area contributed by atoms with Crippen LogP contribution < -0.4 is 0 Å². The van der Waals surface area contributed by atoms with Crippen molar-refractivity contribution in [3.63, 3.8) is 0 Å². The Bertz CT molecular complexity index is 160. The number of benzene rings is 1. The molecule has 1 rings (SSSR count). The highest BCUT2D eigenvalue weighted by Gasteiger charge is 1.81. The third kappa shape index (κ3) is 6.57. The molecular weight excluding hydrogens is 268 g/mol. The fraction of sp³-hybridized carbons (Fsp3) is 0.333. The van der Waals surface area contributed by atoms with Crippen molar-refractivity contribution in [3.8, 4) is 0 Å². The monoisotopic (exact) mass is 278 g/mol. The molecule has 0 saturated heterocycles. The summed E-state index contributed by atoms with van der Waals surface area (Å²) in [5.41, 5.74) is 1.33. The molecule has 0 aliphatic carbocycles. The van der Waals surface area contributed by atoms with Crippen molar-refractivity contribution >= 4 is 31.9 Å². The average molecular weight is 280 g/mol. The van der Waals surface area contributed by atoms with Crippen LogP contribution in [0.3, 0.4) is 0 Å². The number of hydrogen-bond acceptors (Lipinski definition) is 0. The third-order valence-electron chi connectivity index (χ3n) is 0.997. The third-order valence-corrected chi connectivity index (χ3v) is 1.64. The maximum Gasteiger partial charge on any atom is 0.0283 e. The second-order valence-corrected chi connectivity index (χ2v) is 3.57. The first-order valence-corrected chi connectivity index (χ1v) is 5.75. The van der Waals surface area contributed by atoms with E-state index in [1.165, 1.54) is 5.56 Å². The van der Waals surface area contributed by atoms with E-state index in [1.54, 1.807) is 0 Å². The van der Waals surface area contributed by atoms with E-state index in [0.29, 0.717) is 0 Å². The van der Waals surface area contributed by atoms with Crippen LogP contribution in [0.2, 0.25) is 0 Å². The molecule has 0 nitrogen and oxygen atoms in total. The summed E-state index contributed by atoms with van der Waals surface area (Å²) in [6.45, 7) is 2.04. The van der Waals surface area contributed by atoms with Crippen LogP contribution >= 0.6 is 31.9 Å². The lowest BCUT2D eigenvalue weighted by Crippen LogP contribution is -1.70. The highest BCUT2D eigenvalue weighted by molar-refractivity contribution is 9.09. The van der Waals surface area contributed by atoms with Gasteiger partial charge in [0, 0.05) is 10.7 Å². The molecule has 0 aromatic heterocycles. The van der Waals surface area contributed by atoms with E-state index in [0.717, 1.165) is 10.7 Å². The largest absolute Gasteiger partial charge is 0.0931 e. The molecule has 62 valence electrons. The van der Waals surface area contributed by atoms with Gasteiger partial charge in [0.2, 0.25) is 0 Å². The second kappa shape index (κ2) is 8.28. The Morgan fingerprint density at radius 2 is 1.55 bits per heavy atom. The average Bonchev–Trinajstić information content (AvgIpc) is 2.08. The van der Waals surface area contributed by atoms with Gasteiger partial charge in [0.25, 0.3) is 0 Å². The van der Waals surface area contributed by atoms with Gasteiger partial charge >= 0.3 is 0 Å². The quantitative estimate of drug-likeness (QED) is 0.682. The van der Waals surface area contributed by atoms with Gasteiger partial charge in [-0.3, -0.25) is 0 Å². The van der Waals surface area contributed by atoms with Crippen LogP contribution in [0.4, 0.5) is 0 Å². The fourth-order valence-corrected chi connectivity index (χ4v) is 0.941. The Hall–Kier alpha value is 0.180. The van der Waals surface area contributed by atoms with Gasteiger partial charge in [-0.2, -0.15) is 0 Å². The predicted molar refractivity (Wildman–Crippen MR) is 58.5 cm³/mol. The maximum atomic E-state index is 3.36. The summed E-state index contributed by atoms with van der Waals surface area (Å²) in [4.78, 5) is 0. The summed E-state index contributed by atoms with van der Waals surface area (Å²) in [5.74, 6) is 0. The van der Waals surface area contributed by atoms with E-state index in [2.05, 4.69) is 44.0 Å². The zero-order chi connectivity index (χ0) is 8.53. The standard InChI is InChI=1S/C7H7Br.C2H5Br/c8-6-7-4-2-1-3-5-7;1-2-3/h1-5H,6H2;2H2,1H3. The molecule has 11 heavy (non-hydrogen) atoms. The van der Waals surface area contributed by atoms with Crippen molar-refractivity contribution < 1.29 is 0 Å². The lowest BCUT2D eigenvalue weighted by Gasteiger charge is -1.88. The summed E-state index contributed by atoms with van der Waals surface area (Å²) in [5, 5.41) is 2.01. The normalized spacial score (nSPS) is 8.27. The van der Waals surface area contributed by atoms with Crippen molar-refractivity contribution in [3.05, 3.63) is 35.9 Å². The molecule has 0 fully saturated rings. The van der Waals surface area contributed by atoms with Crippen LogP contribution in [0.25, 0.3) is 0 Å². The van der Waals surface area contributed by atoms with E-state index in [1.807, 2.05) is 25.1 Å². The Morgan fingerprint density at radius 1 is 1.09 bits per heavy atom. The van der Waals surface area contributed by atoms with Crippen molar-refractivity contribution in [1.29, 1.82) is 0 Å². The van der Waals surface area contributed by atoms with E-state index < -0.39 is 0 Å². The molecule has 0 heterocycles. The molecule has 0 spiro atoms. The molecule has 0 saturated carbocycles. The van der Waals surface area contributed by atoms with E-state index in [9.17, 15) is 0 Å². The van der Waals surface area contributed by atoms with Gasteiger partial charge in [-0.05, 0) is 5.56 Å². The van der Waals surface area contributed by atoms with Gasteiger partial charge in [-0.15, -0.1) is 0 Å². The molecule has 0 atom stereocenters. The van der Waals surface area contributed by atoms with E-state index in [4.69, 9.17) is 0 Å². The minimum atomic E-state index is 0.952. The lowest BCUT2D eigenvalue weighted by molar-refractivity contribution is 1.44. The molecule has 0 unspecified atom stereocenters. The van der Waals surface area contributed by atoms with Gasteiger partial charge < -0.3 is 0 Å². The molecule has 0 amide bonds. The Kier molecular flexibility index (Phi) is 8.41. The molecule has 0 N–H and O–H groups in total. The van der Waals surface area contributed by atoms with E-state index >= 15 is 0 Å². The van der Waals surface area contributed by atoms with Crippen LogP contribution in [-0.2, 0) is 5.33 Å². The van der Waals surface area contributed by atoms with Crippen molar-refractivity contribution in [2.45, 2.75) is 12.3 Å². The maximum absolute atomic E-state index is 3.36. The first kappa shape index (κ1) is 11.2. The summed E-state index contributed by atoms with van der Waals surface area (Å²) < 4.78 is 0. The minimum Gasteiger partial charge on any atom is -0.0931 e. The Labute approximate surface area is 85.3 Å². The summed E-state index contributed by atoms with van der Waals surface area (Å²) in [7, 11) is 0. The van der Waals surface area contributed by atoms with Crippen molar-refractivity contribution in [2.24, 2.45) is 0 Å². The molecule has 2 heteroatoms.